The van der Waals surface area contributed by atoms with Gasteiger partial charge in [-0.25, -0.2) is 0 Å². The molecule has 1 aliphatic heterocycles. The Morgan fingerprint density at radius 1 is 1.29 bits per heavy atom. The summed E-state index contributed by atoms with van der Waals surface area (Å²) in [4.78, 5) is 0. The highest BCUT2D eigenvalue weighted by molar-refractivity contribution is 5.45. The Hall–Kier alpha value is -1.06. The van der Waals surface area contributed by atoms with Gasteiger partial charge in [0.15, 0.2) is 0 Å². The molecular formula is C14H21NO2. The van der Waals surface area contributed by atoms with Crippen LogP contribution in [-0.2, 0) is 5.60 Å². The van der Waals surface area contributed by atoms with Gasteiger partial charge in [0.25, 0.3) is 0 Å². The Morgan fingerprint density at radius 2 is 1.94 bits per heavy atom. The highest BCUT2D eigenvalue weighted by Crippen LogP contribution is 2.33. The van der Waals surface area contributed by atoms with Gasteiger partial charge in [0.1, 0.15) is 11.4 Å². The summed E-state index contributed by atoms with van der Waals surface area (Å²) < 4.78 is 5.35. The molecule has 0 radical (unpaired) electrons. The first kappa shape index (κ1) is 12.4. The normalized spacial score (nSPS) is 24.7. The van der Waals surface area contributed by atoms with Crippen molar-refractivity contribution in [2.45, 2.75) is 32.3 Å². The molecule has 1 aliphatic rings. The minimum Gasteiger partial charge on any atom is -0.496 e. The van der Waals surface area contributed by atoms with Gasteiger partial charge < -0.3 is 15.2 Å². The maximum atomic E-state index is 10.7. The lowest BCUT2D eigenvalue weighted by atomic mass is 9.85. The number of ether oxygens (including phenoxy) is 1. The van der Waals surface area contributed by atoms with Gasteiger partial charge in [-0.15, -0.1) is 0 Å². The molecule has 3 heteroatoms. The number of rotatable bonds is 2. The molecule has 17 heavy (non-hydrogen) atoms. The fourth-order valence-electron chi connectivity index (χ4n) is 2.68. The number of methoxy groups -OCH3 is 1. The smallest absolute Gasteiger partial charge is 0.124 e. The first-order valence-corrected chi connectivity index (χ1v) is 6.15. The number of nitrogens with one attached hydrogen (secondary N) is 1. The van der Waals surface area contributed by atoms with Crippen LogP contribution in [0.4, 0.5) is 0 Å². The number of β-amino-alcohol motifs (C(OH)–C–C–N with tert-alkyl or cyclic N) is 1. The van der Waals surface area contributed by atoms with Crippen molar-refractivity contribution < 1.29 is 9.84 Å². The maximum Gasteiger partial charge on any atom is 0.124 e. The Balaban J connectivity index is 2.39. The molecule has 2 N–H and O–H groups in total. The van der Waals surface area contributed by atoms with Crippen LogP contribution in [0.25, 0.3) is 0 Å². The molecular weight excluding hydrogens is 214 g/mol. The van der Waals surface area contributed by atoms with Crippen LogP contribution in [0.2, 0.25) is 0 Å². The van der Waals surface area contributed by atoms with Gasteiger partial charge in [-0.05, 0) is 62.1 Å². The fraction of sp³-hybridized carbons (Fsp3) is 0.571. The molecule has 0 aromatic heterocycles. The van der Waals surface area contributed by atoms with Gasteiger partial charge in [-0.2, -0.15) is 0 Å². The van der Waals surface area contributed by atoms with E-state index in [0.29, 0.717) is 6.54 Å². The lowest BCUT2D eigenvalue weighted by molar-refractivity contribution is 0.0122. The Bertz CT molecular complexity index is 386. The van der Waals surface area contributed by atoms with Gasteiger partial charge in [-0.1, -0.05) is 0 Å². The largest absolute Gasteiger partial charge is 0.496 e. The average Bonchev–Trinajstić information content (AvgIpc) is 2.29. The Morgan fingerprint density at radius 3 is 2.41 bits per heavy atom. The second kappa shape index (κ2) is 4.67. The summed E-state index contributed by atoms with van der Waals surface area (Å²) in [6.07, 6.45) is 1.84. The summed E-state index contributed by atoms with van der Waals surface area (Å²) >= 11 is 0. The summed E-state index contributed by atoms with van der Waals surface area (Å²) in [5.74, 6) is 0.918. The minimum absolute atomic E-state index is 0.637. The van der Waals surface area contributed by atoms with Crippen molar-refractivity contribution in [3.05, 3.63) is 28.8 Å². The molecule has 1 aromatic carbocycles. The summed E-state index contributed by atoms with van der Waals surface area (Å²) in [5.41, 5.74) is 2.45. The van der Waals surface area contributed by atoms with E-state index in [1.807, 2.05) is 26.0 Å². The lowest BCUT2D eigenvalue weighted by Crippen LogP contribution is -2.43. The summed E-state index contributed by atoms with van der Waals surface area (Å²) in [6, 6.07) is 4.08. The van der Waals surface area contributed by atoms with E-state index in [1.165, 1.54) is 0 Å². The van der Waals surface area contributed by atoms with Crippen LogP contribution in [-0.4, -0.2) is 25.3 Å². The van der Waals surface area contributed by atoms with Gasteiger partial charge in [0, 0.05) is 6.54 Å². The molecule has 1 saturated heterocycles. The lowest BCUT2D eigenvalue weighted by Gasteiger charge is -2.33. The topological polar surface area (TPSA) is 41.5 Å². The van der Waals surface area contributed by atoms with Gasteiger partial charge in [0.05, 0.1) is 7.11 Å². The third-order valence-corrected chi connectivity index (χ3v) is 3.56. The Kier molecular flexibility index (Phi) is 3.40. The van der Waals surface area contributed by atoms with Gasteiger partial charge in [0.2, 0.25) is 0 Å². The summed E-state index contributed by atoms with van der Waals surface area (Å²) in [5, 5.41) is 13.9. The van der Waals surface area contributed by atoms with Crippen LogP contribution in [0.3, 0.4) is 0 Å². The second-order valence-electron chi connectivity index (χ2n) is 4.96. The van der Waals surface area contributed by atoms with Crippen molar-refractivity contribution in [1.82, 2.24) is 5.32 Å². The molecule has 0 amide bonds. The quantitative estimate of drug-likeness (QED) is 0.822. The zero-order valence-corrected chi connectivity index (χ0v) is 10.8. The molecule has 1 fully saturated rings. The summed E-state index contributed by atoms with van der Waals surface area (Å²) in [6.45, 7) is 5.68. The first-order chi connectivity index (χ1) is 8.07. The highest BCUT2D eigenvalue weighted by Gasteiger charge is 2.31. The fourth-order valence-corrected chi connectivity index (χ4v) is 2.68. The van der Waals surface area contributed by atoms with E-state index >= 15 is 0 Å². The summed E-state index contributed by atoms with van der Waals surface area (Å²) in [7, 11) is 1.69. The van der Waals surface area contributed by atoms with Crippen LogP contribution in [0.1, 0.15) is 29.5 Å². The molecule has 3 nitrogen and oxygen atoms in total. The SMILES string of the molecule is COc1c(C)cc(C2(O)CCCNC2)cc1C. The molecule has 1 heterocycles. The van der Waals surface area contributed by atoms with Crippen LogP contribution in [0.15, 0.2) is 12.1 Å². The maximum absolute atomic E-state index is 10.7. The number of benzene rings is 1. The van der Waals surface area contributed by atoms with E-state index in [-0.39, 0.29) is 0 Å². The van der Waals surface area contributed by atoms with Crippen molar-refractivity contribution in [3.8, 4) is 5.75 Å². The van der Waals surface area contributed by atoms with E-state index in [0.717, 1.165) is 41.8 Å². The monoisotopic (exact) mass is 235 g/mol. The van der Waals surface area contributed by atoms with Crippen molar-refractivity contribution in [3.63, 3.8) is 0 Å². The first-order valence-electron chi connectivity index (χ1n) is 6.15. The standard InChI is InChI=1S/C14H21NO2/c1-10-7-12(8-11(2)13(10)17-3)14(16)5-4-6-15-9-14/h7-8,15-16H,4-6,9H2,1-3H3. The van der Waals surface area contributed by atoms with Crippen LogP contribution in [0.5, 0.6) is 5.75 Å². The van der Waals surface area contributed by atoms with Gasteiger partial charge in [-0.3, -0.25) is 0 Å². The molecule has 0 spiro atoms. The third kappa shape index (κ3) is 2.31. The average molecular weight is 235 g/mol. The zero-order valence-electron chi connectivity index (χ0n) is 10.8. The van der Waals surface area contributed by atoms with E-state index in [1.54, 1.807) is 7.11 Å². The van der Waals surface area contributed by atoms with Crippen molar-refractivity contribution in [2.75, 3.05) is 20.2 Å². The molecule has 1 unspecified atom stereocenters. The predicted octanol–water partition coefficient (Wildman–Crippen LogP) is 1.88. The van der Waals surface area contributed by atoms with Gasteiger partial charge >= 0.3 is 0 Å². The molecule has 0 bridgehead atoms. The highest BCUT2D eigenvalue weighted by atomic mass is 16.5. The van der Waals surface area contributed by atoms with E-state index < -0.39 is 5.60 Å². The second-order valence-corrected chi connectivity index (χ2v) is 4.96. The number of hydrogen-bond acceptors (Lipinski definition) is 3. The van der Waals surface area contributed by atoms with Crippen LogP contribution in [0, 0.1) is 13.8 Å². The van der Waals surface area contributed by atoms with Crippen molar-refractivity contribution in [2.24, 2.45) is 0 Å². The molecule has 2 rings (SSSR count). The number of piperidine rings is 1. The van der Waals surface area contributed by atoms with Crippen LogP contribution < -0.4 is 10.1 Å². The molecule has 0 saturated carbocycles. The number of hydrogen-bond donors (Lipinski definition) is 2. The molecule has 1 atom stereocenters. The van der Waals surface area contributed by atoms with E-state index in [9.17, 15) is 5.11 Å². The van der Waals surface area contributed by atoms with E-state index in [4.69, 9.17) is 4.74 Å². The molecule has 94 valence electrons. The number of aliphatic hydroxyl groups is 1. The van der Waals surface area contributed by atoms with Crippen molar-refractivity contribution >= 4 is 0 Å². The Labute approximate surface area is 103 Å². The molecule has 1 aromatic rings. The van der Waals surface area contributed by atoms with E-state index in [2.05, 4.69) is 5.32 Å². The van der Waals surface area contributed by atoms with Crippen molar-refractivity contribution in [1.29, 1.82) is 0 Å². The van der Waals surface area contributed by atoms with Crippen LogP contribution >= 0.6 is 0 Å². The number of aryl methyl sites for hydroxylation is 2. The molecule has 0 aliphatic carbocycles. The minimum atomic E-state index is -0.722. The predicted molar refractivity (Wildman–Crippen MR) is 68.5 cm³/mol. The third-order valence-electron chi connectivity index (χ3n) is 3.56. The zero-order chi connectivity index (χ0) is 12.5.